The highest BCUT2D eigenvalue weighted by atomic mass is 32.1. The second kappa shape index (κ2) is 8.64. The molecule has 0 radical (unpaired) electrons. The SMILES string of the molecule is CC(C)NCc1nc(CN(C)CCCN(C)C)cs1. The van der Waals surface area contributed by atoms with Gasteiger partial charge in [0.15, 0.2) is 0 Å². The van der Waals surface area contributed by atoms with Crippen molar-refractivity contribution in [3.05, 3.63) is 16.1 Å². The summed E-state index contributed by atoms with van der Waals surface area (Å²) in [5, 5.41) is 6.77. The average Bonchev–Trinajstić information content (AvgIpc) is 2.73. The molecule has 1 heterocycles. The Bertz CT molecular complexity index is 349. The molecule has 0 spiro atoms. The highest BCUT2D eigenvalue weighted by Gasteiger charge is 2.06. The zero-order chi connectivity index (χ0) is 14.3. The van der Waals surface area contributed by atoms with Gasteiger partial charge < -0.3 is 15.1 Å². The van der Waals surface area contributed by atoms with Crippen LogP contribution >= 0.6 is 11.3 Å². The molecule has 4 nitrogen and oxygen atoms in total. The number of rotatable bonds is 9. The molecular weight excluding hydrogens is 256 g/mol. The first kappa shape index (κ1) is 16.6. The van der Waals surface area contributed by atoms with Crippen LogP contribution in [-0.4, -0.2) is 55.1 Å². The van der Waals surface area contributed by atoms with E-state index in [1.165, 1.54) is 17.1 Å². The third-order valence-corrected chi connectivity index (χ3v) is 3.74. The normalized spacial score (nSPS) is 12.0. The lowest BCUT2D eigenvalue weighted by atomic mass is 10.3. The Morgan fingerprint density at radius 3 is 2.63 bits per heavy atom. The molecule has 1 aromatic heterocycles. The predicted octanol–water partition coefficient (Wildman–Crippen LogP) is 2.02. The minimum Gasteiger partial charge on any atom is -0.309 e. The van der Waals surface area contributed by atoms with E-state index >= 15 is 0 Å². The third kappa shape index (κ3) is 7.62. The number of hydrogen-bond donors (Lipinski definition) is 1. The van der Waals surface area contributed by atoms with E-state index in [2.05, 4.69) is 60.5 Å². The quantitative estimate of drug-likeness (QED) is 0.752. The molecule has 0 bridgehead atoms. The highest BCUT2D eigenvalue weighted by molar-refractivity contribution is 7.09. The van der Waals surface area contributed by atoms with Gasteiger partial charge in [-0.15, -0.1) is 11.3 Å². The van der Waals surface area contributed by atoms with Gasteiger partial charge in [0.2, 0.25) is 0 Å². The van der Waals surface area contributed by atoms with Crippen molar-refractivity contribution in [3.63, 3.8) is 0 Å². The van der Waals surface area contributed by atoms with E-state index in [-0.39, 0.29) is 0 Å². The largest absolute Gasteiger partial charge is 0.309 e. The van der Waals surface area contributed by atoms with Crippen molar-refractivity contribution < 1.29 is 0 Å². The number of hydrogen-bond acceptors (Lipinski definition) is 5. The summed E-state index contributed by atoms with van der Waals surface area (Å²) in [6, 6.07) is 0.515. The van der Waals surface area contributed by atoms with Crippen LogP contribution in [0.4, 0.5) is 0 Å². The number of aromatic nitrogens is 1. The Hall–Kier alpha value is -0.490. The Morgan fingerprint density at radius 1 is 1.26 bits per heavy atom. The van der Waals surface area contributed by atoms with Gasteiger partial charge in [-0.05, 0) is 40.7 Å². The fourth-order valence-corrected chi connectivity index (χ4v) is 2.54. The second-order valence-electron chi connectivity index (χ2n) is 5.66. The third-order valence-electron chi connectivity index (χ3n) is 2.84. The van der Waals surface area contributed by atoms with Crippen molar-refractivity contribution in [3.8, 4) is 0 Å². The zero-order valence-electron chi connectivity index (χ0n) is 12.9. The van der Waals surface area contributed by atoms with Gasteiger partial charge in [-0.1, -0.05) is 13.8 Å². The van der Waals surface area contributed by atoms with E-state index in [0.717, 1.165) is 26.2 Å². The second-order valence-corrected chi connectivity index (χ2v) is 6.61. The van der Waals surface area contributed by atoms with Gasteiger partial charge in [-0.3, -0.25) is 0 Å². The van der Waals surface area contributed by atoms with Crippen LogP contribution in [0.25, 0.3) is 0 Å². The van der Waals surface area contributed by atoms with Crippen LogP contribution in [0.15, 0.2) is 5.38 Å². The molecule has 1 rings (SSSR count). The fourth-order valence-electron chi connectivity index (χ4n) is 1.81. The number of nitrogens with zero attached hydrogens (tertiary/aromatic N) is 3. The van der Waals surface area contributed by atoms with E-state index in [4.69, 9.17) is 0 Å². The first-order chi connectivity index (χ1) is 8.97. The van der Waals surface area contributed by atoms with Crippen molar-refractivity contribution in [2.45, 2.75) is 39.4 Å². The molecule has 0 aromatic carbocycles. The molecule has 1 aromatic rings. The minimum absolute atomic E-state index is 0.515. The molecule has 0 amide bonds. The van der Waals surface area contributed by atoms with Gasteiger partial charge in [-0.25, -0.2) is 4.98 Å². The lowest BCUT2D eigenvalue weighted by Crippen LogP contribution is -2.24. The van der Waals surface area contributed by atoms with Gasteiger partial charge in [0, 0.05) is 24.5 Å². The average molecular weight is 284 g/mol. The summed E-state index contributed by atoms with van der Waals surface area (Å²) in [5.41, 5.74) is 1.19. The molecular formula is C14H28N4S. The van der Waals surface area contributed by atoms with Crippen LogP contribution in [0.5, 0.6) is 0 Å². The summed E-state index contributed by atoms with van der Waals surface area (Å²) < 4.78 is 0. The first-order valence-electron chi connectivity index (χ1n) is 6.97. The Labute approximate surface area is 121 Å². The van der Waals surface area contributed by atoms with Crippen molar-refractivity contribution in [1.82, 2.24) is 20.1 Å². The standard InChI is InChI=1S/C14H28N4S/c1-12(2)15-9-14-16-13(11-19-14)10-18(5)8-6-7-17(3)4/h11-12,15H,6-10H2,1-5H3. The molecule has 0 saturated heterocycles. The molecule has 0 aliphatic carbocycles. The van der Waals surface area contributed by atoms with Crippen LogP contribution in [0, 0.1) is 0 Å². The van der Waals surface area contributed by atoms with Crippen LogP contribution < -0.4 is 5.32 Å². The maximum atomic E-state index is 4.67. The van der Waals surface area contributed by atoms with E-state index < -0.39 is 0 Å². The number of nitrogens with one attached hydrogen (secondary N) is 1. The van der Waals surface area contributed by atoms with Crippen molar-refractivity contribution in [2.24, 2.45) is 0 Å². The van der Waals surface area contributed by atoms with Crippen LogP contribution in [-0.2, 0) is 13.1 Å². The lowest BCUT2D eigenvalue weighted by Gasteiger charge is -2.16. The summed E-state index contributed by atoms with van der Waals surface area (Å²) >= 11 is 1.75. The summed E-state index contributed by atoms with van der Waals surface area (Å²) in [7, 11) is 6.41. The molecule has 19 heavy (non-hydrogen) atoms. The summed E-state index contributed by atoms with van der Waals surface area (Å²) in [4.78, 5) is 9.24. The molecule has 5 heteroatoms. The molecule has 0 aliphatic rings. The summed E-state index contributed by atoms with van der Waals surface area (Å²) in [5.74, 6) is 0. The molecule has 1 N–H and O–H groups in total. The molecule has 0 saturated carbocycles. The summed E-state index contributed by atoms with van der Waals surface area (Å²) in [6.07, 6.45) is 1.20. The highest BCUT2D eigenvalue weighted by Crippen LogP contribution is 2.11. The molecule has 110 valence electrons. The topological polar surface area (TPSA) is 31.4 Å². The van der Waals surface area contributed by atoms with Crippen molar-refractivity contribution in [2.75, 3.05) is 34.2 Å². The van der Waals surface area contributed by atoms with E-state index in [9.17, 15) is 0 Å². The van der Waals surface area contributed by atoms with Crippen molar-refractivity contribution >= 4 is 11.3 Å². The fraction of sp³-hybridized carbons (Fsp3) is 0.786. The van der Waals surface area contributed by atoms with Crippen molar-refractivity contribution in [1.29, 1.82) is 0 Å². The summed E-state index contributed by atoms with van der Waals surface area (Å²) in [6.45, 7) is 8.42. The number of thiazole rings is 1. The van der Waals surface area contributed by atoms with Gasteiger partial charge in [0.25, 0.3) is 0 Å². The van der Waals surface area contributed by atoms with Gasteiger partial charge in [0.1, 0.15) is 5.01 Å². The Balaban J connectivity index is 2.28. The van der Waals surface area contributed by atoms with Gasteiger partial charge in [0.05, 0.1) is 5.69 Å². The lowest BCUT2D eigenvalue weighted by molar-refractivity contribution is 0.292. The van der Waals surface area contributed by atoms with Gasteiger partial charge in [-0.2, -0.15) is 0 Å². The molecule has 0 atom stereocenters. The first-order valence-corrected chi connectivity index (χ1v) is 7.85. The Kier molecular flexibility index (Phi) is 7.53. The maximum Gasteiger partial charge on any atom is 0.107 e. The molecule has 0 unspecified atom stereocenters. The predicted molar refractivity (Wildman–Crippen MR) is 83.6 cm³/mol. The van der Waals surface area contributed by atoms with E-state index in [1.54, 1.807) is 11.3 Å². The van der Waals surface area contributed by atoms with Crippen LogP contribution in [0.3, 0.4) is 0 Å². The molecule has 0 fully saturated rings. The van der Waals surface area contributed by atoms with E-state index in [0.29, 0.717) is 6.04 Å². The van der Waals surface area contributed by atoms with Crippen LogP contribution in [0.1, 0.15) is 31.0 Å². The Morgan fingerprint density at radius 2 is 2.00 bits per heavy atom. The van der Waals surface area contributed by atoms with E-state index in [1.807, 2.05) is 0 Å². The van der Waals surface area contributed by atoms with Gasteiger partial charge >= 0.3 is 0 Å². The molecule has 0 aliphatic heterocycles. The minimum atomic E-state index is 0.515. The van der Waals surface area contributed by atoms with Crippen LogP contribution in [0.2, 0.25) is 0 Å². The maximum absolute atomic E-state index is 4.67. The smallest absolute Gasteiger partial charge is 0.107 e. The monoisotopic (exact) mass is 284 g/mol. The zero-order valence-corrected chi connectivity index (χ0v) is 13.8.